The molecular formula is C23H25NO4S2. The molecule has 30 heavy (non-hydrogen) atoms. The summed E-state index contributed by atoms with van der Waals surface area (Å²) in [4.78, 5) is 27.6. The molecule has 0 unspecified atom stereocenters. The largest absolute Gasteiger partial charge is 0.460 e. The Morgan fingerprint density at radius 1 is 1.23 bits per heavy atom. The fourth-order valence-corrected chi connectivity index (χ4v) is 5.74. The van der Waals surface area contributed by atoms with Gasteiger partial charge in [0.15, 0.2) is 5.78 Å². The Bertz CT molecular complexity index is 973. The van der Waals surface area contributed by atoms with Crippen molar-refractivity contribution in [1.82, 2.24) is 5.32 Å². The number of ketones is 1. The average molecular weight is 444 g/mol. The van der Waals surface area contributed by atoms with Gasteiger partial charge in [0.1, 0.15) is 6.61 Å². The van der Waals surface area contributed by atoms with Crippen molar-refractivity contribution < 1.29 is 19.1 Å². The molecule has 1 aliphatic heterocycles. The third-order valence-corrected chi connectivity index (χ3v) is 7.27. The van der Waals surface area contributed by atoms with E-state index in [2.05, 4.69) is 11.4 Å². The summed E-state index contributed by atoms with van der Waals surface area (Å²) in [7, 11) is 0. The summed E-state index contributed by atoms with van der Waals surface area (Å²) >= 11 is 3.25. The van der Waals surface area contributed by atoms with Gasteiger partial charge < -0.3 is 14.8 Å². The lowest BCUT2D eigenvalue weighted by Crippen LogP contribution is -2.36. The van der Waals surface area contributed by atoms with E-state index in [4.69, 9.17) is 9.47 Å². The standard InChI is InChI=1S/C23H25NO4S2/c1-3-27-7-8-28-23(26)20-14(2)24-17-11-16(19-5-4-9-30-19)12-18(25)22(17)21(20)15-6-10-29-13-15/h4-6,9-10,13,16,21,24H,3,7-8,11-12H2,1-2H3/t16-,21-/m0/s1. The highest BCUT2D eigenvalue weighted by atomic mass is 32.1. The number of hydrogen-bond donors (Lipinski definition) is 1. The van der Waals surface area contributed by atoms with E-state index in [0.29, 0.717) is 30.8 Å². The van der Waals surface area contributed by atoms with Crippen molar-refractivity contribution >= 4 is 34.4 Å². The van der Waals surface area contributed by atoms with Gasteiger partial charge in [-0.05, 0) is 54.1 Å². The first-order valence-electron chi connectivity index (χ1n) is 10.1. The highest BCUT2D eigenvalue weighted by Gasteiger charge is 2.41. The van der Waals surface area contributed by atoms with Crippen LogP contribution in [0.15, 0.2) is 56.9 Å². The molecule has 1 N–H and O–H groups in total. The van der Waals surface area contributed by atoms with Gasteiger partial charge in [-0.15, -0.1) is 11.3 Å². The molecule has 2 atom stereocenters. The first-order valence-corrected chi connectivity index (χ1v) is 12.0. The van der Waals surface area contributed by atoms with Crippen LogP contribution in [0.2, 0.25) is 0 Å². The SMILES string of the molecule is CCOCCOC(=O)C1=C(C)NC2=C(C(=O)C[C@@H](c3cccs3)C2)[C@H]1c1ccsc1. The van der Waals surface area contributed by atoms with Gasteiger partial charge in [-0.3, -0.25) is 4.79 Å². The Kier molecular flexibility index (Phi) is 6.51. The van der Waals surface area contributed by atoms with Gasteiger partial charge in [-0.2, -0.15) is 11.3 Å². The van der Waals surface area contributed by atoms with E-state index in [1.54, 1.807) is 22.7 Å². The minimum atomic E-state index is -0.393. The molecule has 158 valence electrons. The van der Waals surface area contributed by atoms with Gasteiger partial charge in [0, 0.05) is 46.7 Å². The van der Waals surface area contributed by atoms with Gasteiger partial charge in [0.2, 0.25) is 0 Å². The van der Waals surface area contributed by atoms with Crippen molar-refractivity contribution in [3.05, 3.63) is 67.3 Å². The predicted molar refractivity (Wildman–Crippen MR) is 119 cm³/mol. The van der Waals surface area contributed by atoms with E-state index in [0.717, 1.165) is 23.4 Å². The van der Waals surface area contributed by atoms with Gasteiger partial charge in [-0.1, -0.05) is 6.07 Å². The lowest BCUT2D eigenvalue weighted by molar-refractivity contribution is -0.140. The number of hydrogen-bond acceptors (Lipinski definition) is 7. The molecule has 4 rings (SSSR count). The summed E-state index contributed by atoms with van der Waals surface area (Å²) in [5.74, 6) is -0.496. The minimum Gasteiger partial charge on any atom is -0.460 e. The zero-order valence-electron chi connectivity index (χ0n) is 17.1. The Balaban J connectivity index is 1.66. The van der Waals surface area contributed by atoms with Crippen molar-refractivity contribution in [2.45, 2.75) is 38.5 Å². The number of nitrogens with one attached hydrogen (secondary N) is 1. The van der Waals surface area contributed by atoms with Crippen molar-refractivity contribution in [1.29, 1.82) is 0 Å². The molecule has 3 heterocycles. The zero-order chi connectivity index (χ0) is 21.1. The molecular weight excluding hydrogens is 418 g/mol. The molecule has 2 aliphatic rings. The summed E-state index contributed by atoms with van der Waals surface area (Å²) in [6.45, 7) is 4.93. The van der Waals surface area contributed by atoms with E-state index in [1.165, 1.54) is 4.88 Å². The second-order valence-electron chi connectivity index (χ2n) is 7.42. The minimum absolute atomic E-state index is 0.102. The fraction of sp³-hybridized carbons (Fsp3) is 0.391. The average Bonchev–Trinajstić information content (AvgIpc) is 3.44. The van der Waals surface area contributed by atoms with Crippen LogP contribution in [0, 0.1) is 0 Å². The van der Waals surface area contributed by atoms with Crippen LogP contribution in [0.1, 0.15) is 49.0 Å². The second-order valence-corrected chi connectivity index (χ2v) is 9.18. The Morgan fingerprint density at radius 2 is 2.10 bits per heavy atom. The van der Waals surface area contributed by atoms with E-state index in [1.807, 2.05) is 42.1 Å². The molecule has 0 bridgehead atoms. The molecule has 0 saturated heterocycles. The van der Waals surface area contributed by atoms with Crippen LogP contribution in [-0.4, -0.2) is 31.6 Å². The molecule has 0 saturated carbocycles. The lowest BCUT2D eigenvalue weighted by atomic mass is 9.73. The maximum atomic E-state index is 13.3. The monoisotopic (exact) mass is 443 g/mol. The maximum Gasteiger partial charge on any atom is 0.336 e. The Morgan fingerprint density at radius 3 is 2.80 bits per heavy atom. The first-order chi connectivity index (χ1) is 14.6. The van der Waals surface area contributed by atoms with E-state index < -0.39 is 5.97 Å². The normalized spacial score (nSPS) is 21.5. The third-order valence-electron chi connectivity index (χ3n) is 5.53. The Labute approximate surface area is 184 Å². The van der Waals surface area contributed by atoms with Crippen LogP contribution in [0.5, 0.6) is 0 Å². The van der Waals surface area contributed by atoms with E-state index in [-0.39, 0.29) is 24.2 Å². The topological polar surface area (TPSA) is 64.6 Å². The van der Waals surface area contributed by atoms with E-state index >= 15 is 0 Å². The van der Waals surface area contributed by atoms with Crippen LogP contribution in [0.4, 0.5) is 0 Å². The summed E-state index contributed by atoms with van der Waals surface area (Å²) in [5.41, 5.74) is 3.89. The van der Waals surface area contributed by atoms with Crippen molar-refractivity contribution in [2.24, 2.45) is 0 Å². The molecule has 0 amide bonds. The molecule has 2 aromatic rings. The summed E-state index contributed by atoms with van der Waals surface area (Å²) in [5, 5.41) is 9.42. The molecule has 0 aromatic carbocycles. The molecule has 5 nitrogen and oxygen atoms in total. The number of rotatable bonds is 7. The number of dihydropyridines is 1. The van der Waals surface area contributed by atoms with Gasteiger partial charge >= 0.3 is 5.97 Å². The number of Topliss-reactive ketones (excluding diaryl/α,β-unsaturated/α-hetero) is 1. The van der Waals surface area contributed by atoms with Gasteiger partial charge in [0.25, 0.3) is 0 Å². The molecule has 2 aromatic heterocycles. The highest BCUT2D eigenvalue weighted by molar-refractivity contribution is 7.10. The number of allylic oxidation sites excluding steroid dienone is 3. The zero-order valence-corrected chi connectivity index (χ0v) is 18.7. The lowest BCUT2D eigenvalue weighted by Gasteiger charge is -2.36. The second kappa shape index (κ2) is 9.29. The predicted octanol–water partition coefficient (Wildman–Crippen LogP) is 4.75. The first kappa shape index (κ1) is 21.0. The quantitative estimate of drug-likeness (QED) is 0.494. The fourth-order valence-electron chi connectivity index (χ4n) is 4.22. The van der Waals surface area contributed by atoms with Crippen LogP contribution in [0.25, 0.3) is 0 Å². The number of ether oxygens (including phenoxy) is 2. The summed E-state index contributed by atoms with van der Waals surface area (Å²) in [6, 6.07) is 6.11. The Hall–Kier alpha value is -2.22. The molecule has 0 radical (unpaired) electrons. The third kappa shape index (κ3) is 4.15. The maximum absolute atomic E-state index is 13.3. The van der Waals surface area contributed by atoms with Gasteiger partial charge in [0.05, 0.1) is 12.2 Å². The van der Waals surface area contributed by atoms with Crippen LogP contribution in [-0.2, 0) is 19.1 Å². The number of carbonyl (C=O) groups is 2. The van der Waals surface area contributed by atoms with Crippen molar-refractivity contribution in [3.63, 3.8) is 0 Å². The smallest absolute Gasteiger partial charge is 0.336 e. The summed E-state index contributed by atoms with van der Waals surface area (Å²) < 4.78 is 10.8. The van der Waals surface area contributed by atoms with Gasteiger partial charge in [-0.25, -0.2) is 4.79 Å². The van der Waals surface area contributed by atoms with Crippen LogP contribution >= 0.6 is 22.7 Å². The molecule has 0 fully saturated rings. The van der Waals surface area contributed by atoms with E-state index in [9.17, 15) is 9.59 Å². The molecule has 7 heteroatoms. The molecule has 1 aliphatic carbocycles. The number of thiophene rings is 2. The highest BCUT2D eigenvalue weighted by Crippen LogP contribution is 2.46. The van der Waals surface area contributed by atoms with Crippen molar-refractivity contribution in [2.75, 3.05) is 19.8 Å². The molecule has 0 spiro atoms. The van der Waals surface area contributed by atoms with Crippen molar-refractivity contribution in [3.8, 4) is 0 Å². The van der Waals surface area contributed by atoms with Crippen LogP contribution in [0.3, 0.4) is 0 Å². The van der Waals surface area contributed by atoms with Crippen LogP contribution < -0.4 is 5.32 Å². The number of esters is 1. The number of carbonyl (C=O) groups excluding carboxylic acids is 2. The summed E-state index contributed by atoms with van der Waals surface area (Å²) in [6.07, 6.45) is 1.24.